The van der Waals surface area contributed by atoms with E-state index in [4.69, 9.17) is 0 Å². The third kappa shape index (κ3) is 1.93. The SMILES string of the molecule is CN(C)C(=O)N1C[C@H]2CN(c3cnn(C)c3)C(=O)[C@H]2C1. The number of nitrogens with zero attached hydrogens (tertiary/aromatic N) is 5. The summed E-state index contributed by atoms with van der Waals surface area (Å²) in [5.74, 6) is 0.266. The average Bonchev–Trinajstić information content (AvgIpc) is 3.05. The molecule has 2 saturated heterocycles. The summed E-state index contributed by atoms with van der Waals surface area (Å²) in [4.78, 5) is 29.5. The van der Waals surface area contributed by atoms with Crippen LogP contribution < -0.4 is 4.90 Å². The smallest absolute Gasteiger partial charge is 0.319 e. The fourth-order valence-corrected chi connectivity index (χ4v) is 3.08. The number of aromatic nitrogens is 2. The van der Waals surface area contributed by atoms with E-state index in [0.29, 0.717) is 19.6 Å². The summed E-state index contributed by atoms with van der Waals surface area (Å²) >= 11 is 0. The molecule has 2 aliphatic heterocycles. The zero-order chi connectivity index (χ0) is 14.4. The lowest BCUT2D eigenvalue weighted by Crippen LogP contribution is -2.40. The van der Waals surface area contributed by atoms with Gasteiger partial charge in [0.1, 0.15) is 0 Å². The second kappa shape index (κ2) is 4.50. The van der Waals surface area contributed by atoms with Gasteiger partial charge in [0.2, 0.25) is 5.91 Å². The number of carbonyl (C=O) groups excluding carboxylic acids is 2. The number of amides is 3. The molecule has 20 heavy (non-hydrogen) atoms. The lowest BCUT2D eigenvalue weighted by atomic mass is 10.0. The van der Waals surface area contributed by atoms with Crippen LogP contribution in [0.25, 0.3) is 0 Å². The van der Waals surface area contributed by atoms with E-state index < -0.39 is 0 Å². The van der Waals surface area contributed by atoms with Crippen molar-refractivity contribution in [3.8, 4) is 0 Å². The van der Waals surface area contributed by atoms with Gasteiger partial charge in [-0.2, -0.15) is 5.10 Å². The number of hydrogen-bond donors (Lipinski definition) is 0. The van der Waals surface area contributed by atoms with Gasteiger partial charge in [0.05, 0.1) is 17.8 Å². The lowest BCUT2D eigenvalue weighted by Gasteiger charge is -2.23. The highest BCUT2D eigenvalue weighted by molar-refractivity contribution is 5.98. The minimum atomic E-state index is -0.0703. The van der Waals surface area contributed by atoms with Crippen molar-refractivity contribution in [2.45, 2.75) is 0 Å². The number of hydrogen-bond acceptors (Lipinski definition) is 3. The maximum atomic E-state index is 12.5. The van der Waals surface area contributed by atoms with Crippen LogP contribution in [0.2, 0.25) is 0 Å². The summed E-state index contributed by atoms with van der Waals surface area (Å²) in [7, 11) is 5.31. The molecule has 0 spiro atoms. The molecule has 3 heterocycles. The molecule has 7 nitrogen and oxygen atoms in total. The Labute approximate surface area is 117 Å². The first-order valence-corrected chi connectivity index (χ1v) is 6.73. The molecule has 108 valence electrons. The molecule has 3 rings (SSSR count). The van der Waals surface area contributed by atoms with Crippen molar-refractivity contribution in [3.63, 3.8) is 0 Å². The molecule has 1 aromatic heterocycles. The van der Waals surface area contributed by atoms with Gasteiger partial charge >= 0.3 is 6.03 Å². The lowest BCUT2D eigenvalue weighted by molar-refractivity contribution is -0.120. The fraction of sp³-hybridized carbons (Fsp3) is 0.615. The Bertz CT molecular complexity index is 553. The Kier molecular flexibility index (Phi) is 2.92. The van der Waals surface area contributed by atoms with Crippen molar-refractivity contribution in [1.82, 2.24) is 19.6 Å². The van der Waals surface area contributed by atoms with E-state index in [-0.39, 0.29) is 23.8 Å². The van der Waals surface area contributed by atoms with Crippen molar-refractivity contribution in [1.29, 1.82) is 0 Å². The molecule has 2 fully saturated rings. The van der Waals surface area contributed by atoms with Crippen LogP contribution in [0.3, 0.4) is 0 Å². The van der Waals surface area contributed by atoms with Crippen molar-refractivity contribution < 1.29 is 9.59 Å². The number of carbonyl (C=O) groups is 2. The predicted octanol–water partition coefficient (Wildman–Crippen LogP) is -0.00370. The quantitative estimate of drug-likeness (QED) is 0.725. The molecule has 0 unspecified atom stereocenters. The van der Waals surface area contributed by atoms with Gasteiger partial charge in [0, 0.05) is 52.9 Å². The molecule has 2 aliphatic rings. The van der Waals surface area contributed by atoms with Crippen LogP contribution in [0, 0.1) is 11.8 Å². The largest absolute Gasteiger partial charge is 0.331 e. The summed E-state index contributed by atoms with van der Waals surface area (Å²) in [6.45, 7) is 1.86. The first kappa shape index (κ1) is 13.0. The molecular weight excluding hydrogens is 258 g/mol. The Balaban J connectivity index is 1.72. The Morgan fingerprint density at radius 2 is 2.10 bits per heavy atom. The Morgan fingerprint density at radius 3 is 2.65 bits per heavy atom. The van der Waals surface area contributed by atoms with Crippen LogP contribution in [0.15, 0.2) is 12.4 Å². The van der Waals surface area contributed by atoms with Gasteiger partial charge in [-0.3, -0.25) is 9.48 Å². The first-order valence-electron chi connectivity index (χ1n) is 6.73. The van der Waals surface area contributed by atoms with Crippen molar-refractivity contribution in [2.75, 3.05) is 38.6 Å². The molecular formula is C13H19N5O2. The minimum Gasteiger partial charge on any atom is -0.331 e. The third-order valence-electron chi connectivity index (χ3n) is 4.10. The maximum absolute atomic E-state index is 12.5. The van der Waals surface area contributed by atoms with Gasteiger partial charge in [-0.25, -0.2) is 4.79 Å². The van der Waals surface area contributed by atoms with Crippen LogP contribution in [-0.2, 0) is 11.8 Å². The van der Waals surface area contributed by atoms with E-state index in [1.54, 1.807) is 39.7 Å². The zero-order valence-corrected chi connectivity index (χ0v) is 12.0. The van der Waals surface area contributed by atoms with E-state index in [0.717, 1.165) is 5.69 Å². The molecule has 2 atom stereocenters. The van der Waals surface area contributed by atoms with Gasteiger partial charge < -0.3 is 14.7 Å². The highest BCUT2D eigenvalue weighted by Crippen LogP contribution is 2.35. The molecule has 0 aliphatic carbocycles. The van der Waals surface area contributed by atoms with Crippen LogP contribution in [0.1, 0.15) is 0 Å². The monoisotopic (exact) mass is 277 g/mol. The number of aryl methyl sites for hydroxylation is 1. The van der Waals surface area contributed by atoms with Crippen LogP contribution in [0.4, 0.5) is 10.5 Å². The normalized spacial score (nSPS) is 25.2. The molecule has 0 aromatic carbocycles. The van der Waals surface area contributed by atoms with Gasteiger partial charge in [0.15, 0.2) is 0 Å². The first-order chi connectivity index (χ1) is 9.47. The number of rotatable bonds is 1. The number of anilines is 1. The molecule has 3 amide bonds. The second-order valence-corrected chi connectivity index (χ2v) is 5.77. The number of likely N-dealkylation sites (tertiary alicyclic amines) is 1. The van der Waals surface area contributed by atoms with Crippen molar-refractivity contribution >= 4 is 17.6 Å². The predicted molar refractivity (Wildman–Crippen MR) is 73.2 cm³/mol. The summed E-state index contributed by atoms with van der Waals surface area (Å²) in [5, 5.41) is 4.11. The number of urea groups is 1. The number of fused-ring (bicyclic) bond motifs is 1. The van der Waals surface area contributed by atoms with E-state index in [2.05, 4.69) is 5.10 Å². The van der Waals surface area contributed by atoms with Gasteiger partial charge in [-0.15, -0.1) is 0 Å². The molecule has 1 aromatic rings. The van der Waals surface area contributed by atoms with Gasteiger partial charge in [0.25, 0.3) is 0 Å². The summed E-state index contributed by atoms with van der Waals surface area (Å²) in [6, 6.07) is -0.0138. The molecule has 0 radical (unpaired) electrons. The van der Waals surface area contributed by atoms with E-state index >= 15 is 0 Å². The van der Waals surface area contributed by atoms with Crippen molar-refractivity contribution in [2.24, 2.45) is 18.9 Å². The van der Waals surface area contributed by atoms with Crippen LogP contribution in [-0.4, -0.2) is 65.2 Å². The van der Waals surface area contributed by atoms with Gasteiger partial charge in [-0.1, -0.05) is 0 Å². The second-order valence-electron chi connectivity index (χ2n) is 5.77. The maximum Gasteiger partial charge on any atom is 0.319 e. The molecule has 0 bridgehead atoms. The fourth-order valence-electron chi connectivity index (χ4n) is 3.08. The standard InChI is InChI=1S/C13H19N5O2/c1-15(2)13(20)17-5-9-6-18(12(19)11(9)8-17)10-4-14-16(3)7-10/h4,7,9,11H,5-6,8H2,1-3H3/t9-,11-/m0/s1. The van der Waals surface area contributed by atoms with E-state index in [1.807, 2.05) is 13.2 Å². The van der Waals surface area contributed by atoms with Crippen LogP contribution >= 0.6 is 0 Å². The minimum absolute atomic E-state index is 0.0138. The van der Waals surface area contributed by atoms with E-state index in [9.17, 15) is 9.59 Å². The summed E-state index contributed by atoms with van der Waals surface area (Å²) < 4.78 is 1.69. The Hall–Kier alpha value is -2.05. The third-order valence-corrected chi connectivity index (χ3v) is 4.10. The summed E-state index contributed by atoms with van der Waals surface area (Å²) in [6.07, 6.45) is 3.56. The topological polar surface area (TPSA) is 61.7 Å². The van der Waals surface area contributed by atoms with Gasteiger partial charge in [-0.05, 0) is 0 Å². The highest BCUT2D eigenvalue weighted by Gasteiger charge is 2.48. The van der Waals surface area contributed by atoms with Crippen LogP contribution in [0.5, 0.6) is 0 Å². The average molecular weight is 277 g/mol. The van der Waals surface area contributed by atoms with E-state index in [1.165, 1.54) is 0 Å². The Morgan fingerprint density at radius 1 is 1.35 bits per heavy atom. The zero-order valence-electron chi connectivity index (χ0n) is 12.0. The molecule has 0 saturated carbocycles. The molecule has 0 N–H and O–H groups in total. The molecule has 7 heteroatoms. The summed E-state index contributed by atoms with van der Waals surface area (Å²) in [5.41, 5.74) is 0.845. The van der Waals surface area contributed by atoms with Crippen molar-refractivity contribution in [3.05, 3.63) is 12.4 Å². The highest BCUT2D eigenvalue weighted by atomic mass is 16.2.